The van der Waals surface area contributed by atoms with Crippen LogP contribution in [-0.2, 0) is 0 Å². The van der Waals surface area contributed by atoms with E-state index < -0.39 is 0 Å². The van der Waals surface area contributed by atoms with E-state index in [9.17, 15) is 0 Å². The van der Waals surface area contributed by atoms with E-state index in [2.05, 4.69) is 15.7 Å². The molecule has 2 unspecified atom stereocenters. The van der Waals surface area contributed by atoms with Crippen molar-refractivity contribution in [3.05, 3.63) is 5.08 Å². The highest BCUT2D eigenvalue weighted by molar-refractivity contribution is 8.23. The van der Waals surface area contributed by atoms with Gasteiger partial charge in [0.15, 0.2) is 0 Å². The molecule has 2 radical (unpaired) electrons. The highest BCUT2D eigenvalue weighted by atomic mass is 32.2. The number of hydrogen-bond acceptors (Lipinski definition) is 4. The maximum atomic E-state index is 3.40. The van der Waals surface area contributed by atoms with E-state index in [1.54, 1.807) is 23.5 Å². The van der Waals surface area contributed by atoms with Gasteiger partial charge in [-0.3, -0.25) is 0 Å². The minimum atomic E-state index is 0.573. The second-order valence-electron chi connectivity index (χ2n) is 2.07. The van der Waals surface area contributed by atoms with Crippen molar-refractivity contribution in [2.45, 2.75) is 10.7 Å². The average molecular weight is 160 g/mol. The molecule has 2 rings (SSSR count). The average Bonchev–Trinajstić information content (AvgIpc) is 2.33. The molecule has 0 bridgehead atoms. The van der Waals surface area contributed by atoms with Gasteiger partial charge < -0.3 is 10.6 Å². The molecule has 0 aromatic carbocycles. The van der Waals surface area contributed by atoms with E-state index in [0.717, 1.165) is 13.1 Å². The second kappa shape index (κ2) is 2.70. The van der Waals surface area contributed by atoms with Crippen molar-refractivity contribution in [3.8, 4) is 0 Å². The van der Waals surface area contributed by atoms with Crippen molar-refractivity contribution in [3.63, 3.8) is 0 Å². The van der Waals surface area contributed by atoms with Gasteiger partial charge in [0.25, 0.3) is 0 Å². The Morgan fingerprint density at radius 2 is 1.67 bits per heavy atom. The molecule has 9 heavy (non-hydrogen) atoms. The lowest BCUT2D eigenvalue weighted by Crippen LogP contribution is -2.50. The lowest BCUT2D eigenvalue weighted by molar-refractivity contribution is 0.484. The van der Waals surface area contributed by atoms with Gasteiger partial charge in [-0.05, 0) is 0 Å². The van der Waals surface area contributed by atoms with Gasteiger partial charge in [-0.25, -0.2) is 0 Å². The van der Waals surface area contributed by atoms with Crippen molar-refractivity contribution < 1.29 is 0 Å². The normalized spacial score (nSPS) is 42.7. The molecule has 0 aromatic heterocycles. The Bertz CT molecular complexity index is 97.1. The fourth-order valence-corrected chi connectivity index (χ4v) is 3.21. The van der Waals surface area contributed by atoms with Crippen LogP contribution in [0, 0.1) is 5.08 Å². The Kier molecular flexibility index (Phi) is 1.90. The second-order valence-corrected chi connectivity index (χ2v) is 4.22. The molecular weight excluding hydrogens is 152 g/mol. The Balaban J connectivity index is 1.97. The molecule has 2 atom stereocenters. The first-order valence-electron chi connectivity index (χ1n) is 3.00. The fraction of sp³-hybridized carbons (Fsp3) is 0.800. The monoisotopic (exact) mass is 160 g/mol. The van der Waals surface area contributed by atoms with Gasteiger partial charge in [0.2, 0.25) is 0 Å². The van der Waals surface area contributed by atoms with Gasteiger partial charge in [-0.15, -0.1) is 23.5 Å². The van der Waals surface area contributed by atoms with Crippen LogP contribution in [0.5, 0.6) is 0 Å². The van der Waals surface area contributed by atoms with Gasteiger partial charge in [-0.2, -0.15) is 0 Å². The van der Waals surface area contributed by atoms with Crippen LogP contribution in [-0.4, -0.2) is 23.8 Å². The van der Waals surface area contributed by atoms with Crippen molar-refractivity contribution in [2.75, 3.05) is 13.1 Å². The van der Waals surface area contributed by atoms with E-state index in [1.165, 1.54) is 0 Å². The molecule has 2 N–H and O–H groups in total. The summed E-state index contributed by atoms with van der Waals surface area (Å²) in [5, 5.41) is 11.1. The summed E-state index contributed by atoms with van der Waals surface area (Å²) >= 11 is 3.53. The molecule has 0 spiro atoms. The molecule has 0 saturated carbocycles. The largest absolute Gasteiger partial charge is 0.302 e. The molecule has 2 aliphatic heterocycles. The van der Waals surface area contributed by atoms with Gasteiger partial charge in [0, 0.05) is 13.1 Å². The van der Waals surface area contributed by atoms with Gasteiger partial charge in [-0.1, -0.05) is 0 Å². The third-order valence-corrected chi connectivity index (χ3v) is 3.77. The minimum Gasteiger partial charge on any atom is -0.302 e. The minimum absolute atomic E-state index is 0.573. The first-order chi connectivity index (χ1) is 4.47. The Hall–Kier alpha value is 0.620. The Labute approximate surface area is 63.5 Å². The highest BCUT2D eigenvalue weighted by Crippen LogP contribution is 2.38. The molecule has 0 aromatic rings. The third-order valence-electron chi connectivity index (χ3n) is 1.44. The standard InChI is InChI=1S/C5H8N2S2/c1-2-7-5-4(6-1)8-3-9-5/h4-7H,1-2H2. The number of rotatable bonds is 0. The summed E-state index contributed by atoms with van der Waals surface area (Å²) in [6, 6.07) is 0. The molecular formula is C5H8N2S2. The summed E-state index contributed by atoms with van der Waals surface area (Å²) in [6.45, 7) is 2.19. The first-order valence-corrected chi connectivity index (χ1v) is 4.76. The van der Waals surface area contributed by atoms with E-state index in [-0.39, 0.29) is 0 Å². The zero-order chi connectivity index (χ0) is 6.10. The maximum Gasteiger partial charge on any atom is 0.117 e. The molecule has 0 amide bonds. The summed E-state index contributed by atoms with van der Waals surface area (Å²) in [4.78, 5) is 0. The van der Waals surface area contributed by atoms with E-state index in [0.29, 0.717) is 10.7 Å². The number of nitrogens with one attached hydrogen (secondary N) is 2. The number of fused-ring (bicyclic) bond motifs is 1. The lowest BCUT2D eigenvalue weighted by Gasteiger charge is -2.25. The van der Waals surface area contributed by atoms with Gasteiger partial charge in [0.05, 0.1) is 10.7 Å². The first kappa shape index (κ1) is 6.34. The van der Waals surface area contributed by atoms with Crippen molar-refractivity contribution in [1.82, 2.24) is 10.6 Å². The van der Waals surface area contributed by atoms with E-state index >= 15 is 0 Å². The third kappa shape index (κ3) is 1.22. The van der Waals surface area contributed by atoms with E-state index in [4.69, 9.17) is 0 Å². The molecule has 2 fully saturated rings. The molecule has 2 aliphatic rings. The van der Waals surface area contributed by atoms with Crippen molar-refractivity contribution >= 4 is 23.5 Å². The molecule has 4 heteroatoms. The quantitative estimate of drug-likeness (QED) is 0.532. The SMILES string of the molecule is [C]1SC2NCCNC2S1. The summed E-state index contributed by atoms with van der Waals surface area (Å²) in [6.07, 6.45) is 0. The predicted octanol–water partition coefficient (Wildman–Crippen LogP) is 0.308. The van der Waals surface area contributed by atoms with Crippen molar-refractivity contribution in [2.24, 2.45) is 0 Å². The zero-order valence-corrected chi connectivity index (χ0v) is 6.52. The van der Waals surface area contributed by atoms with Crippen molar-refractivity contribution in [1.29, 1.82) is 0 Å². The molecule has 2 saturated heterocycles. The van der Waals surface area contributed by atoms with Crippen LogP contribution in [0.4, 0.5) is 0 Å². The van der Waals surface area contributed by atoms with Crippen LogP contribution >= 0.6 is 23.5 Å². The van der Waals surface area contributed by atoms with Gasteiger partial charge >= 0.3 is 0 Å². The van der Waals surface area contributed by atoms with Crippen LogP contribution in [0.15, 0.2) is 0 Å². The van der Waals surface area contributed by atoms with Crippen LogP contribution in [0.1, 0.15) is 0 Å². The van der Waals surface area contributed by atoms with E-state index in [1.807, 2.05) is 0 Å². The van der Waals surface area contributed by atoms with Crippen LogP contribution in [0.3, 0.4) is 0 Å². The molecule has 0 aliphatic carbocycles. The van der Waals surface area contributed by atoms with Crippen LogP contribution in [0.25, 0.3) is 0 Å². The summed E-state index contributed by atoms with van der Waals surface area (Å²) in [5.41, 5.74) is 0. The summed E-state index contributed by atoms with van der Waals surface area (Å²) < 4.78 is 0. The number of thioether (sulfide) groups is 2. The molecule has 2 heterocycles. The summed E-state index contributed by atoms with van der Waals surface area (Å²) in [5.74, 6) is 0. The van der Waals surface area contributed by atoms with Crippen LogP contribution in [0.2, 0.25) is 0 Å². The Morgan fingerprint density at radius 3 is 2.22 bits per heavy atom. The molecule has 2 nitrogen and oxygen atoms in total. The van der Waals surface area contributed by atoms with Crippen LogP contribution < -0.4 is 10.6 Å². The Morgan fingerprint density at radius 1 is 1.11 bits per heavy atom. The molecule has 50 valence electrons. The van der Waals surface area contributed by atoms with Gasteiger partial charge in [0.1, 0.15) is 5.08 Å². The smallest absolute Gasteiger partial charge is 0.117 e. The maximum absolute atomic E-state index is 3.40. The highest BCUT2D eigenvalue weighted by Gasteiger charge is 2.30. The summed E-state index contributed by atoms with van der Waals surface area (Å²) in [7, 11) is 0. The lowest BCUT2D eigenvalue weighted by atomic mass is 10.4. The fourth-order valence-electron chi connectivity index (χ4n) is 0.981. The number of hydrogen-bond donors (Lipinski definition) is 2. The number of piperazine rings is 1. The predicted molar refractivity (Wildman–Crippen MR) is 42.0 cm³/mol. The zero-order valence-electron chi connectivity index (χ0n) is 4.89. The topological polar surface area (TPSA) is 24.1 Å².